The van der Waals surface area contributed by atoms with Crippen molar-refractivity contribution in [3.05, 3.63) is 42.5 Å². The lowest BCUT2D eigenvalue weighted by atomic mass is 10.1. The van der Waals surface area contributed by atoms with Crippen molar-refractivity contribution in [3.63, 3.8) is 0 Å². The highest BCUT2D eigenvalue weighted by Gasteiger charge is 2.36. The van der Waals surface area contributed by atoms with Gasteiger partial charge in [-0.1, -0.05) is 39.0 Å². The van der Waals surface area contributed by atoms with Crippen LogP contribution in [0.5, 0.6) is 5.75 Å². The van der Waals surface area contributed by atoms with Crippen molar-refractivity contribution in [1.82, 2.24) is 0 Å². The van der Waals surface area contributed by atoms with Gasteiger partial charge in [0, 0.05) is 23.8 Å². The quantitative estimate of drug-likeness (QED) is 0.379. The van der Waals surface area contributed by atoms with E-state index in [0.29, 0.717) is 6.61 Å². The molecule has 0 bridgehead atoms. The van der Waals surface area contributed by atoms with Crippen LogP contribution in [-0.4, -0.2) is 21.5 Å². The molecule has 0 fully saturated rings. The Labute approximate surface area is 151 Å². The highest BCUT2D eigenvalue weighted by atomic mass is 28.4. The molecule has 0 atom stereocenters. The van der Waals surface area contributed by atoms with Crippen molar-refractivity contribution in [3.8, 4) is 5.75 Å². The molecule has 0 saturated carbocycles. The van der Waals surface area contributed by atoms with Gasteiger partial charge in [-0.15, -0.1) is 0 Å². The van der Waals surface area contributed by atoms with E-state index in [-0.39, 0.29) is 5.04 Å². The van der Waals surface area contributed by atoms with Crippen molar-refractivity contribution in [1.29, 1.82) is 0 Å². The molecule has 2 aromatic carbocycles. The molecule has 3 rings (SSSR count). The molecular formula is C21H28O3Si. The largest absolute Gasteiger partial charge is 0.493 e. The first-order valence-corrected chi connectivity index (χ1v) is 11.9. The monoisotopic (exact) mass is 356 g/mol. The Balaban J connectivity index is 1.58. The third-order valence-electron chi connectivity index (χ3n) is 5.17. The first kappa shape index (κ1) is 18.0. The van der Waals surface area contributed by atoms with Crippen LogP contribution in [0.3, 0.4) is 0 Å². The minimum atomic E-state index is -1.66. The van der Waals surface area contributed by atoms with Crippen LogP contribution in [0.4, 0.5) is 0 Å². The Morgan fingerprint density at radius 2 is 1.64 bits per heavy atom. The number of furan rings is 1. The molecule has 0 amide bonds. The number of hydrogen-bond donors (Lipinski definition) is 0. The third kappa shape index (κ3) is 3.91. The van der Waals surface area contributed by atoms with Gasteiger partial charge in [0.2, 0.25) is 0 Å². The molecule has 0 N–H and O–H groups in total. The van der Waals surface area contributed by atoms with E-state index in [1.54, 1.807) is 0 Å². The predicted molar refractivity (Wildman–Crippen MR) is 107 cm³/mol. The van der Waals surface area contributed by atoms with Gasteiger partial charge in [-0.2, -0.15) is 0 Å². The second kappa shape index (κ2) is 6.85. The maximum absolute atomic E-state index is 6.19. The summed E-state index contributed by atoms with van der Waals surface area (Å²) in [6, 6.07) is 14.1. The van der Waals surface area contributed by atoms with E-state index in [1.807, 2.05) is 30.3 Å². The molecule has 0 saturated heterocycles. The number of ether oxygens (including phenoxy) is 1. The van der Waals surface area contributed by atoms with E-state index in [0.717, 1.165) is 40.7 Å². The van der Waals surface area contributed by atoms with Gasteiger partial charge in [0.15, 0.2) is 8.32 Å². The summed E-state index contributed by atoms with van der Waals surface area (Å²) >= 11 is 0. The smallest absolute Gasteiger partial charge is 0.191 e. The van der Waals surface area contributed by atoms with Crippen LogP contribution in [-0.2, 0) is 4.43 Å². The zero-order chi connectivity index (χ0) is 18.1. The van der Waals surface area contributed by atoms with Crippen LogP contribution >= 0.6 is 0 Å². The molecule has 1 aromatic heterocycles. The maximum atomic E-state index is 6.19. The number of benzene rings is 2. The molecule has 4 heteroatoms. The van der Waals surface area contributed by atoms with Crippen molar-refractivity contribution in [2.24, 2.45) is 0 Å². The summed E-state index contributed by atoms with van der Waals surface area (Å²) in [6.45, 7) is 12.8. The minimum Gasteiger partial charge on any atom is -0.493 e. The van der Waals surface area contributed by atoms with Gasteiger partial charge in [0.25, 0.3) is 0 Å². The van der Waals surface area contributed by atoms with Crippen LogP contribution in [0.15, 0.2) is 46.9 Å². The molecule has 0 aliphatic carbocycles. The zero-order valence-electron chi connectivity index (χ0n) is 15.9. The van der Waals surface area contributed by atoms with E-state index < -0.39 is 8.32 Å². The van der Waals surface area contributed by atoms with Crippen molar-refractivity contribution < 1.29 is 13.6 Å². The zero-order valence-corrected chi connectivity index (χ0v) is 16.9. The molecule has 1 heterocycles. The molecule has 0 radical (unpaired) electrons. The summed E-state index contributed by atoms with van der Waals surface area (Å²) in [5.41, 5.74) is 1.81. The van der Waals surface area contributed by atoms with E-state index in [1.165, 1.54) is 0 Å². The van der Waals surface area contributed by atoms with E-state index in [4.69, 9.17) is 13.6 Å². The molecule has 0 aliphatic rings. The fourth-order valence-corrected chi connectivity index (χ4v) is 3.68. The number of rotatable bonds is 6. The van der Waals surface area contributed by atoms with Crippen LogP contribution in [0.1, 0.15) is 27.2 Å². The fraction of sp³-hybridized carbons (Fsp3) is 0.429. The normalized spacial score (nSPS) is 12.8. The third-order valence-corrected chi connectivity index (χ3v) is 9.71. The lowest BCUT2D eigenvalue weighted by Crippen LogP contribution is -2.41. The van der Waals surface area contributed by atoms with Crippen molar-refractivity contribution in [2.75, 3.05) is 13.2 Å². The Hall–Kier alpha value is -1.78. The highest BCUT2D eigenvalue weighted by molar-refractivity contribution is 6.74. The second-order valence-electron chi connectivity index (χ2n) is 8.07. The van der Waals surface area contributed by atoms with Gasteiger partial charge in [0.1, 0.15) is 16.9 Å². The van der Waals surface area contributed by atoms with Crippen LogP contribution < -0.4 is 4.74 Å². The van der Waals surface area contributed by atoms with Gasteiger partial charge in [-0.25, -0.2) is 0 Å². The van der Waals surface area contributed by atoms with Gasteiger partial charge >= 0.3 is 0 Å². The molecular weight excluding hydrogens is 328 g/mol. The lowest BCUT2D eigenvalue weighted by molar-refractivity contribution is 0.234. The van der Waals surface area contributed by atoms with Crippen LogP contribution in [0.25, 0.3) is 21.9 Å². The highest BCUT2D eigenvalue weighted by Crippen LogP contribution is 2.36. The van der Waals surface area contributed by atoms with Crippen LogP contribution in [0.2, 0.25) is 18.1 Å². The Kier molecular flexibility index (Phi) is 4.94. The number of fused-ring (bicyclic) bond motifs is 3. The van der Waals surface area contributed by atoms with Crippen molar-refractivity contribution in [2.45, 2.75) is 45.3 Å². The Bertz CT molecular complexity index is 858. The standard InChI is InChI=1S/C21H28O3Si/c1-21(2,3)25(4,5)23-14-8-13-22-16-11-12-20-18(15-16)17-9-6-7-10-19(17)24-20/h6-7,9-12,15H,8,13-14H2,1-5H3. The van der Waals surface area contributed by atoms with Crippen molar-refractivity contribution >= 4 is 30.3 Å². The molecule has 3 nitrogen and oxygen atoms in total. The fourth-order valence-electron chi connectivity index (χ4n) is 2.59. The molecule has 25 heavy (non-hydrogen) atoms. The van der Waals surface area contributed by atoms with E-state index in [9.17, 15) is 0 Å². The SMILES string of the molecule is CC(C)(C)[Si](C)(C)OCCCOc1ccc2oc3ccccc3c2c1. The molecule has 0 unspecified atom stereocenters. The first-order valence-electron chi connectivity index (χ1n) is 8.96. The first-order chi connectivity index (χ1) is 11.8. The van der Waals surface area contributed by atoms with E-state index in [2.05, 4.69) is 46.0 Å². The predicted octanol–water partition coefficient (Wildman–Crippen LogP) is 6.38. The van der Waals surface area contributed by atoms with Gasteiger partial charge in [-0.3, -0.25) is 0 Å². The van der Waals surface area contributed by atoms with Gasteiger partial charge in [-0.05, 0) is 42.4 Å². The molecule has 134 valence electrons. The average Bonchev–Trinajstić information content (AvgIpc) is 2.91. The average molecular weight is 357 g/mol. The lowest BCUT2D eigenvalue weighted by Gasteiger charge is -2.36. The number of para-hydroxylation sites is 1. The summed E-state index contributed by atoms with van der Waals surface area (Å²) in [6.07, 6.45) is 0.899. The number of hydrogen-bond acceptors (Lipinski definition) is 3. The Morgan fingerprint density at radius 1 is 0.920 bits per heavy atom. The van der Waals surface area contributed by atoms with Gasteiger partial charge in [0.05, 0.1) is 6.61 Å². The summed E-state index contributed by atoms with van der Waals surface area (Å²) < 4.78 is 18.0. The molecule has 0 spiro atoms. The molecule has 0 aliphatic heterocycles. The second-order valence-corrected chi connectivity index (χ2v) is 12.9. The van der Waals surface area contributed by atoms with Crippen LogP contribution in [0, 0.1) is 0 Å². The molecule has 3 aromatic rings. The maximum Gasteiger partial charge on any atom is 0.191 e. The minimum absolute atomic E-state index is 0.251. The summed E-state index contributed by atoms with van der Waals surface area (Å²) in [4.78, 5) is 0. The topological polar surface area (TPSA) is 31.6 Å². The van der Waals surface area contributed by atoms with E-state index >= 15 is 0 Å². The van der Waals surface area contributed by atoms with Gasteiger partial charge < -0.3 is 13.6 Å². The summed E-state index contributed by atoms with van der Waals surface area (Å²) in [7, 11) is -1.66. The summed E-state index contributed by atoms with van der Waals surface area (Å²) in [5.74, 6) is 0.881. The Morgan fingerprint density at radius 3 is 2.40 bits per heavy atom. The summed E-state index contributed by atoms with van der Waals surface area (Å²) in [5, 5.41) is 2.48.